The highest BCUT2D eigenvalue weighted by atomic mass is 32.2. The number of halogens is 3. The predicted octanol–water partition coefficient (Wildman–Crippen LogP) is 0.162. The van der Waals surface area contributed by atoms with Gasteiger partial charge in [-0.05, 0) is 0 Å². The third-order valence-corrected chi connectivity index (χ3v) is 2.12. The Labute approximate surface area is 61.1 Å². The molecule has 0 spiro atoms. The molecule has 0 saturated heterocycles. The van der Waals surface area contributed by atoms with Crippen LogP contribution >= 0.6 is 0 Å². The van der Waals surface area contributed by atoms with E-state index in [0.717, 1.165) is 0 Å². The van der Waals surface area contributed by atoms with Crippen molar-refractivity contribution in [2.24, 2.45) is 0 Å². The second kappa shape index (κ2) is 3.21. The van der Waals surface area contributed by atoms with E-state index < -0.39 is 27.5 Å². The van der Waals surface area contributed by atoms with Gasteiger partial charge in [0.15, 0.2) is 9.84 Å². The number of sulfone groups is 1. The van der Waals surface area contributed by atoms with Gasteiger partial charge in [-0.1, -0.05) is 0 Å². The van der Waals surface area contributed by atoms with Gasteiger partial charge >= 0.3 is 6.18 Å². The van der Waals surface area contributed by atoms with Crippen molar-refractivity contribution >= 4 is 16.1 Å². The van der Waals surface area contributed by atoms with Crippen LogP contribution in [0.25, 0.3) is 0 Å². The summed E-state index contributed by atoms with van der Waals surface area (Å²) >= 11 is 0. The van der Waals surface area contributed by atoms with Gasteiger partial charge in [0.25, 0.3) is 0 Å². The maximum Gasteiger partial charge on any atom is 0.402 e. The molecule has 0 saturated carbocycles. The molecule has 0 rings (SSSR count). The van der Waals surface area contributed by atoms with E-state index in [1.807, 2.05) is 0 Å². The van der Waals surface area contributed by atoms with Gasteiger partial charge in [0.2, 0.25) is 0 Å². The molecule has 0 aromatic carbocycles. The molecule has 0 fully saturated rings. The zero-order chi connectivity index (χ0) is 9.12. The van der Waals surface area contributed by atoms with Crippen molar-refractivity contribution in [3.8, 4) is 0 Å². The molecule has 0 N–H and O–H groups in total. The van der Waals surface area contributed by atoms with Crippen LogP contribution in [0.4, 0.5) is 13.2 Å². The summed E-state index contributed by atoms with van der Waals surface area (Å²) in [6.45, 7) is 0. The van der Waals surface area contributed by atoms with E-state index in [9.17, 15) is 26.4 Å². The average Bonchev–Trinajstić information content (AvgIpc) is 1.55. The van der Waals surface area contributed by atoms with Crippen LogP contribution in [-0.4, -0.2) is 32.4 Å². The van der Waals surface area contributed by atoms with Crippen LogP contribution in [0.5, 0.6) is 0 Å². The number of alkyl halides is 3. The number of hydrogen-bond donors (Lipinski definition) is 0. The molecule has 0 atom stereocenters. The maximum atomic E-state index is 11.4. The van der Waals surface area contributed by atoms with E-state index in [2.05, 4.69) is 0 Å². The summed E-state index contributed by atoms with van der Waals surface area (Å²) < 4.78 is 54.7. The second-order valence-electron chi connectivity index (χ2n) is 1.84. The molecule has 0 aliphatic heterocycles. The smallest absolute Gasteiger partial charge is 0.302 e. The topological polar surface area (TPSA) is 51.2 Å². The van der Waals surface area contributed by atoms with Gasteiger partial charge in [-0.3, -0.25) is 0 Å². The molecule has 0 aromatic rings. The third kappa shape index (κ3) is 5.84. The molecule has 0 radical (unpaired) electrons. The van der Waals surface area contributed by atoms with E-state index in [4.69, 9.17) is 0 Å². The lowest BCUT2D eigenvalue weighted by atomic mass is 10.8. The number of rotatable bonds is 3. The summed E-state index contributed by atoms with van der Waals surface area (Å²) in [5.74, 6) is -3.01. The fraction of sp³-hybridized carbons (Fsp3) is 0.750. The first-order valence-corrected chi connectivity index (χ1v) is 4.30. The lowest BCUT2D eigenvalue weighted by Gasteiger charge is -2.03. The van der Waals surface area contributed by atoms with Gasteiger partial charge < -0.3 is 4.79 Å². The first kappa shape index (κ1) is 10.4. The lowest BCUT2D eigenvalue weighted by molar-refractivity contribution is -0.106. The zero-order valence-electron chi connectivity index (χ0n) is 5.26. The van der Waals surface area contributed by atoms with Gasteiger partial charge in [0.1, 0.15) is 17.8 Å². The van der Waals surface area contributed by atoms with E-state index in [0.29, 0.717) is 0 Å². The summed E-state index contributed by atoms with van der Waals surface area (Å²) in [6.07, 6.45) is -4.83. The molecular weight excluding hydrogens is 185 g/mol. The van der Waals surface area contributed by atoms with Crippen molar-refractivity contribution in [3.63, 3.8) is 0 Å². The Hall–Kier alpha value is -0.590. The Bertz CT molecular complexity index is 227. The van der Waals surface area contributed by atoms with Gasteiger partial charge in [0.05, 0.1) is 0 Å². The quantitative estimate of drug-likeness (QED) is 0.596. The molecular formula is C4H5F3O3S. The Morgan fingerprint density at radius 1 is 1.27 bits per heavy atom. The summed E-state index contributed by atoms with van der Waals surface area (Å²) in [5, 5.41) is 0. The lowest BCUT2D eigenvalue weighted by Crippen LogP contribution is -2.25. The summed E-state index contributed by atoms with van der Waals surface area (Å²) in [7, 11) is -4.28. The molecule has 0 unspecified atom stereocenters. The normalized spacial score (nSPS) is 13.0. The summed E-state index contributed by atoms with van der Waals surface area (Å²) in [6, 6.07) is 0. The first-order chi connectivity index (χ1) is 4.77. The number of carbonyl (C=O) groups is 1. The van der Waals surface area contributed by atoms with Crippen molar-refractivity contribution in [2.45, 2.75) is 6.18 Å². The van der Waals surface area contributed by atoms with Crippen LogP contribution in [0.15, 0.2) is 0 Å². The molecule has 7 heteroatoms. The zero-order valence-corrected chi connectivity index (χ0v) is 6.07. The van der Waals surface area contributed by atoms with Crippen molar-refractivity contribution in [1.29, 1.82) is 0 Å². The minimum atomic E-state index is -4.76. The van der Waals surface area contributed by atoms with E-state index >= 15 is 0 Å². The van der Waals surface area contributed by atoms with Crippen LogP contribution in [0.2, 0.25) is 0 Å². The highest BCUT2D eigenvalue weighted by Crippen LogP contribution is 2.17. The van der Waals surface area contributed by atoms with Gasteiger partial charge in [-0.2, -0.15) is 13.2 Å². The molecule has 0 bridgehead atoms. The molecule has 0 aliphatic rings. The molecule has 0 amide bonds. The fourth-order valence-electron chi connectivity index (χ4n) is 0.412. The number of aldehydes is 1. The van der Waals surface area contributed by atoms with Crippen molar-refractivity contribution in [2.75, 3.05) is 11.5 Å². The standard InChI is InChI=1S/C4H5F3O3S/c5-4(6,7)3-11(9,10)2-1-8/h1H,2-3H2. The molecule has 0 aliphatic carbocycles. The Morgan fingerprint density at radius 3 is 2.00 bits per heavy atom. The van der Waals surface area contributed by atoms with Crippen LogP contribution < -0.4 is 0 Å². The van der Waals surface area contributed by atoms with E-state index in [1.165, 1.54) is 0 Å². The largest absolute Gasteiger partial charge is 0.402 e. The van der Waals surface area contributed by atoms with Gasteiger partial charge in [0, 0.05) is 0 Å². The van der Waals surface area contributed by atoms with Crippen molar-refractivity contribution < 1.29 is 26.4 Å². The molecule has 3 nitrogen and oxygen atoms in total. The Balaban J connectivity index is 4.26. The van der Waals surface area contributed by atoms with Crippen molar-refractivity contribution in [3.05, 3.63) is 0 Å². The fourth-order valence-corrected chi connectivity index (χ4v) is 1.24. The SMILES string of the molecule is O=CCS(=O)(=O)CC(F)(F)F. The molecule has 0 aromatic heterocycles. The average molecular weight is 190 g/mol. The van der Waals surface area contributed by atoms with Gasteiger partial charge in [-0.25, -0.2) is 8.42 Å². The second-order valence-corrected chi connectivity index (χ2v) is 3.95. The summed E-state index contributed by atoms with van der Waals surface area (Å²) in [5.41, 5.74) is 0. The monoisotopic (exact) mass is 190 g/mol. The minimum Gasteiger partial charge on any atom is -0.302 e. The molecule has 66 valence electrons. The molecule has 11 heavy (non-hydrogen) atoms. The Morgan fingerprint density at radius 2 is 1.73 bits per heavy atom. The van der Waals surface area contributed by atoms with Crippen LogP contribution in [0.3, 0.4) is 0 Å². The highest BCUT2D eigenvalue weighted by Gasteiger charge is 2.34. The van der Waals surface area contributed by atoms with Crippen LogP contribution in [0, 0.1) is 0 Å². The maximum absolute atomic E-state index is 11.4. The summed E-state index contributed by atoms with van der Waals surface area (Å²) in [4.78, 5) is 9.56. The van der Waals surface area contributed by atoms with E-state index in [-0.39, 0.29) is 6.29 Å². The Kier molecular flexibility index (Phi) is 3.03. The van der Waals surface area contributed by atoms with Crippen LogP contribution in [0.1, 0.15) is 0 Å². The van der Waals surface area contributed by atoms with Gasteiger partial charge in [-0.15, -0.1) is 0 Å². The predicted molar refractivity (Wildman–Crippen MR) is 30.8 cm³/mol. The number of hydrogen-bond acceptors (Lipinski definition) is 3. The van der Waals surface area contributed by atoms with Crippen LogP contribution in [-0.2, 0) is 14.6 Å². The number of carbonyl (C=O) groups excluding carboxylic acids is 1. The molecule has 0 heterocycles. The highest BCUT2D eigenvalue weighted by molar-refractivity contribution is 7.92. The van der Waals surface area contributed by atoms with Crippen molar-refractivity contribution in [1.82, 2.24) is 0 Å². The van der Waals surface area contributed by atoms with E-state index in [1.54, 1.807) is 0 Å². The third-order valence-electron chi connectivity index (χ3n) is 0.706. The first-order valence-electron chi connectivity index (χ1n) is 2.48. The minimum absolute atomic E-state index is 0.0684.